The van der Waals surface area contributed by atoms with Crippen molar-refractivity contribution in [1.29, 1.82) is 0 Å². The molecule has 0 saturated heterocycles. The molecule has 1 radical (unpaired) electrons. The van der Waals surface area contributed by atoms with E-state index in [0.29, 0.717) is 0 Å². The quantitative estimate of drug-likeness (QED) is 0.629. The van der Waals surface area contributed by atoms with Crippen molar-refractivity contribution >= 4 is 0 Å². The molecule has 0 saturated carbocycles. The van der Waals surface area contributed by atoms with Crippen molar-refractivity contribution < 1.29 is 9.47 Å². The number of hydrogen-bond donors (Lipinski definition) is 0. The molecular formula is C23H23O2. The molecule has 3 aromatic carbocycles. The van der Waals surface area contributed by atoms with Gasteiger partial charge in [-0.15, -0.1) is 0 Å². The van der Waals surface area contributed by atoms with Crippen LogP contribution in [0.5, 0.6) is 11.5 Å². The second kappa shape index (κ2) is 7.43. The van der Waals surface area contributed by atoms with E-state index in [9.17, 15) is 0 Å². The fraction of sp³-hybridized carbons (Fsp3) is 0.217. The number of methoxy groups -OCH3 is 2. The molecule has 2 nitrogen and oxygen atoms in total. The van der Waals surface area contributed by atoms with Crippen LogP contribution in [0.4, 0.5) is 0 Å². The van der Waals surface area contributed by atoms with E-state index in [-0.39, 0.29) is 5.41 Å². The Morgan fingerprint density at radius 3 is 1.56 bits per heavy atom. The van der Waals surface area contributed by atoms with Crippen molar-refractivity contribution in [2.24, 2.45) is 0 Å². The minimum Gasteiger partial charge on any atom is -0.497 e. The van der Waals surface area contributed by atoms with Gasteiger partial charge in [0.05, 0.1) is 14.2 Å². The average Bonchev–Trinajstić information content (AvgIpc) is 2.69. The SMILES string of the molecule is COc1ccc(C(C)(Cc2cc[c]cc2)c2ccc(OC)cc2)cc1. The minimum atomic E-state index is -0.153. The van der Waals surface area contributed by atoms with Gasteiger partial charge in [-0.3, -0.25) is 0 Å². The monoisotopic (exact) mass is 331 g/mol. The summed E-state index contributed by atoms with van der Waals surface area (Å²) < 4.78 is 10.6. The van der Waals surface area contributed by atoms with Crippen LogP contribution in [0.1, 0.15) is 23.6 Å². The lowest BCUT2D eigenvalue weighted by Gasteiger charge is -2.31. The van der Waals surface area contributed by atoms with Crippen LogP contribution in [-0.4, -0.2) is 14.2 Å². The van der Waals surface area contributed by atoms with Crippen LogP contribution in [0.15, 0.2) is 72.8 Å². The van der Waals surface area contributed by atoms with Gasteiger partial charge >= 0.3 is 0 Å². The van der Waals surface area contributed by atoms with Crippen molar-refractivity contribution in [1.82, 2.24) is 0 Å². The van der Waals surface area contributed by atoms with E-state index in [1.165, 1.54) is 16.7 Å². The molecule has 25 heavy (non-hydrogen) atoms. The molecule has 0 N–H and O–H groups in total. The zero-order valence-electron chi connectivity index (χ0n) is 15.0. The fourth-order valence-corrected chi connectivity index (χ4v) is 3.24. The Kier molecular flexibility index (Phi) is 5.08. The third-order valence-corrected chi connectivity index (χ3v) is 4.80. The topological polar surface area (TPSA) is 18.5 Å². The normalized spacial score (nSPS) is 11.2. The summed E-state index contributed by atoms with van der Waals surface area (Å²) in [5.41, 5.74) is 3.64. The van der Waals surface area contributed by atoms with Crippen LogP contribution in [0.2, 0.25) is 0 Å². The Bertz CT molecular complexity index is 742. The van der Waals surface area contributed by atoms with E-state index in [4.69, 9.17) is 9.47 Å². The third kappa shape index (κ3) is 3.69. The molecule has 0 fully saturated rings. The van der Waals surface area contributed by atoms with Gasteiger partial charge in [-0.25, -0.2) is 0 Å². The Morgan fingerprint density at radius 2 is 1.16 bits per heavy atom. The standard InChI is InChI=1S/C23H23O2/c1-23(17-18-7-5-4-6-8-18,19-9-13-21(24-2)14-10-19)20-11-15-22(25-3)16-12-20/h5-16H,17H2,1-3H3. The minimum absolute atomic E-state index is 0.153. The van der Waals surface area contributed by atoms with E-state index in [0.717, 1.165) is 17.9 Å². The molecule has 0 atom stereocenters. The van der Waals surface area contributed by atoms with Crippen LogP contribution in [0.25, 0.3) is 0 Å². The summed E-state index contributed by atoms with van der Waals surface area (Å²) in [6.45, 7) is 2.29. The first-order valence-corrected chi connectivity index (χ1v) is 8.40. The van der Waals surface area contributed by atoms with Crippen molar-refractivity contribution in [2.45, 2.75) is 18.8 Å². The zero-order chi connectivity index (χ0) is 17.7. The molecule has 0 aliphatic rings. The van der Waals surface area contributed by atoms with E-state index >= 15 is 0 Å². The molecule has 0 amide bonds. The fourth-order valence-electron chi connectivity index (χ4n) is 3.24. The number of rotatable bonds is 6. The van der Waals surface area contributed by atoms with Crippen LogP contribution < -0.4 is 9.47 Å². The van der Waals surface area contributed by atoms with Crippen LogP contribution in [0, 0.1) is 6.07 Å². The van der Waals surface area contributed by atoms with Crippen LogP contribution >= 0.6 is 0 Å². The Hall–Kier alpha value is -2.74. The maximum absolute atomic E-state index is 5.32. The first-order chi connectivity index (χ1) is 12.2. The highest BCUT2D eigenvalue weighted by Crippen LogP contribution is 2.37. The van der Waals surface area contributed by atoms with Gasteiger partial charge in [0.15, 0.2) is 0 Å². The van der Waals surface area contributed by atoms with E-state index in [1.54, 1.807) is 14.2 Å². The van der Waals surface area contributed by atoms with E-state index < -0.39 is 0 Å². The van der Waals surface area contributed by atoms with Crippen molar-refractivity contribution in [3.8, 4) is 11.5 Å². The highest BCUT2D eigenvalue weighted by atomic mass is 16.5. The summed E-state index contributed by atoms with van der Waals surface area (Å²) >= 11 is 0. The largest absolute Gasteiger partial charge is 0.497 e. The van der Waals surface area contributed by atoms with Crippen molar-refractivity contribution in [3.63, 3.8) is 0 Å². The highest BCUT2D eigenvalue weighted by Gasteiger charge is 2.29. The molecule has 0 unspecified atom stereocenters. The first-order valence-electron chi connectivity index (χ1n) is 8.40. The highest BCUT2D eigenvalue weighted by molar-refractivity contribution is 5.44. The summed E-state index contributed by atoms with van der Waals surface area (Å²) in [4.78, 5) is 0. The second-order valence-corrected chi connectivity index (χ2v) is 6.37. The predicted molar refractivity (Wildman–Crippen MR) is 101 cm³/mol. The van der Waals surface area contributed by atoms with Gasteiger partial charge in [-0.2, -0.15) is 0 Å². The molecular weight excluding hydrogens is 308 g/mol. The maximum Gasteiger partial charge on any atom is 0.118 e. The van der Waals surface area contributed by atoms with Crippen molar-refractivity contribution in [3.05, 3.63) is 95.6 Å². The maximum atomic E-state index is 5.32. The molecule has 0 aliphatic carbocycles. The number of benzene rings is 3. The first kappa shape index (κ1) is 17.1. The van der Waals surface area contributed by atoms with Crippen LogP contribution in [0.3, 0.4) is 0 Å². The summed E-state index contributed by atoms with van der Waals surface area (Å²) in [7, 11) is 3.39. The lowest BCUT2D eigenvalue weighted by molar-refractivity contribution is 0.413. The molecule has 0 aliphatic heterocycles. The summed E-state index contributed by atoms with van der Waals surface area (Å²) in [5.74, 6) is 1.74. The number of ether oxygens (including phenoxy) is 2. The van der Waals surface area contributed by atoms with Gasteiger partial charge in [0.1, 0.15) is 11.5 Å². The van der Waals surface area contributed by atoms with Gasteiger partial charge in [0, 0.05) is 5.41 Å². The Morgan fingerprint density at radius 1 is 0.720 bits per heavy atom. The molecule has 3 aromatic rings. The molecule has 0 spiro atoms. The number of hydrogen-bond acceptors (Lipinski definition) is 2. The van der Waals surface area contributed by atoms with E-state index in [2.05, 4.69) is 49.4 Å². The molecule has 2 heteroatoms. The van der Waals surface area contributed by atoms with Gasteiger partial charge in [0.2, 0.25) is 0 Å². The smallest absolute Gasteiger partial charge is 0.118 e. The average molecular weight is 331 g/mol. The predicted octanol–water partition coefficient (Wildman–Crippen LogP) is 5.05. The summed E-state index contributed by atoms with van der Waals surface area (Å²) in [6.07, 6.45) is 0.903. The van der Waals surface area contributed by atoms with Gasteiger partial charge in [0.25, 0.3) is 0 Å². The molecule has 0 heterocycles. The van der Waals surface area contributed by atoms with Gasteiger partial charge < -0.3 is 9.47 Å². The zero-order valence-corrected chi connectivity index (χ0v) is 15.0. The second-order valence-electron chi connectivity index (χ2n) is 6.37. The lowest BCUT2D eigenvalue weighted by Crippen LogP contribution is -2.26. The third-order valence-electron chi connectivity index (χ3n) is 4.80. The lowest BCUT2D eigenvalue weighted by atomic mass is 9.72. The van der Waals surface area contributed by atoms with Gasteiger partial charge in [-0.1, -0.05) is 55.5 Å². The molecule has 0 aromatic heterocycles. The molecule has 127 valence electrons. The summed E-state index contributed by atoms with van der Waals surface area (Å²) in [5, 5.41) is 0. The van der Waals surface area contributed by atoms with Gasteiger partial charge in [-0.05, 0) is 53.4 Å². The van der Waals surface area contributed by atoms with Crippen molar-refractivity contribution in [2.75, 3.05) is 14.2 Å². The molecule has 3 rings (SSSR count). The van der Waals surface area contributed by atoms with Crippen LogP contribution in [-0.2, 0) is 11.8 Å². The van der Waals surface area contributed by atoms with E-state index in [1.807, 2.05) is 36.4 Å². The Labute approximate surface area is 150 Å². The Balaban J connectivity index is 2.05. The molecule has 0 bridgehead atoms. The summed E-state index contributed by atoms with van der Waals surface area (Å²) in [6, 6.07) is 28.0.